The van der Waals surface area contributed by atoms with Gasteiger partial charge >= 0.3 is 0 Å². The number of carbonyl (C=O) groups is 1. The van der Waals surface area contributed by atoms with Gasteiger partial charge < -0.3 is 23.6 Å². The normalized spacial score (nSPS) is 11.2. The molecule has 1 amide bonds. The van der Waals surface area contributed by atoms with Crippen LogP contribution in [0.15, 0.2) is 81.6 Å². The van der Waals surface area contributed by atoms with Gasteiger partial charge in [-0.05, 0) is 66.7 Å². The molecule has 0 atom stereocenters. The predicted molar refractivity (Wildman–Crippen MR) is 144 cm³/mol. The zero-order valence-corrected chi connectivity index (χ0v) is 21.3. The Labute approximate surface area is 222 Å². The van der Waals surface area contributed by atoms with E-state index in [9.17, 15) is 4.79 Å². The van der Waals surface area contributed by atoms with Crippen LogP contribution >= 0.6 is 23.2 Å². The maximum Gasteiger partial charge on any atom is 0.248 e. The van der Waals surface area contributed by atoms with Crippen LogP contribution in [0.3, 0.4) is 0 Å². The Morgan fingerprint density at radius 3 is 2.59 bits per heavy atom. The average molecular weight is 535 g/mol. The predicted octanol–water partition coefficient (Wildman–Crippen LogP) is 7.73. The van der Waals surface area contributed by atoms with Crippen LogP contribution in [0, 0.1) is 0 Å². The molecule has 0 saturated carbocycles. The highest BCUT2D eigenvalue weighted by atomic mass is 35.5. The van der Waals surface area contributed by atoms with Crippen LogP contribution in [0.5, 0.6) is 11.5 Å². The Morgan fingerprint density at radius 2 is 1.78 bits per heavy atom. The van der Waals surface area contributed by atoms with Gasteiger partial charge in [-0.1, -0.05) is 29.3 Å². The maximum absolute atomic E-state index is 12.5. The minimum atomic E-state index is -0.332. The number of methoxy groups -OCH3 is 2. The van der Waals surface area contributed by atoms with E-state index in [1.165, 1.54) is 6.08 Å². The van der Waals surface area contributed by atoms with E-state index in [0.717, 1.165) is 5.56 Å². The zero-order valence-electron chi connectivity index (χ0n) is 19.7. The number of hydrogen-bond donors (Lipinski definition) is 1. The third-order valence-electron chi connectivity index (χ3n) is 5.53. The van der Waals surface area contributed by atoms with Gasteiger partial charge in [0.05, 0.1) is 24.3 Å². The SMILES string of the molecule is COc1ccc(-c2nc3cc(NC(=O)/C=C/c4ccc(-c5cccc(Cl)c5Cl)o4)ccc3o2)cc1OC. The second kappa shape index (κ2) is 10.4. The molecular weight excluding hydrogens is 515 g/mol. The Bertz CT molecular complexity index is 1640. The van der Waals surface area contributed by atoms with E-state index in [2.05, 4.69) is 10.3 Å². The summed E-state index contributed by atoms with van der Waals surface area (Å²) < 4.78 is 22.3. The molecule has 2 heterocycles. The lowest BCUT2D eigenvalue weighted by Crippen LogP contribution is -2.07. The summed E-state index contributed by atoms with van der Waals surface area (Å²) in [5.74, 6) is 2.32. The van der Waals surface area contributed by atoms with Gasteiger partial charge in [-0.15, -0.1) is 0 Å². The van der Waals surface area contributed by atoms with Crippen LogP contribution in [0.25, 0.3) is 40.0 Å². The number of benzene rings is 3. The van der Waals surface area contributed by atoms with Crippen molar-refractivity contribution in [1.82, 2.24) is 4.98 Å². The number of anilines is 1. The smallest absolute Gasteiger partial charge is 0.248 e. The number of nitrogens with one attached hydrogen (secondary N) is 1. The molecule has 0 bridgehead atoms. The quantitative estimate of drug-likeness (QED) is 0.215. The first-order valence-corrected chi connectivity index (χ1v) is 11.9. The monoisotopic (exact) mass is 534 g/mol. The van der Waals surface area contributed by atoms with Crippen LogP contribution in [-0.2, 0) is 4.79 Å². The molecule has 0 fully saturated rings. The van der Waals surface area contributed by atoms with Crippen LogP contribution in [-0.4, -0.2) is 25.1 Å². The Balaban J connectivity index is 1.29. The van der Waals surface area contributed by atoms with E-state index in [0.29, 0.717) is 61.3 Å². The largest absolute Gasteiger partial charge is 0.493 e. The number of carbonyl (C=O) groups excluding carboxylic acids is 1. The molecule has 7 nitrogen and oxygen atoms in total. The van der Waals surface area contributed by atoms with Crippen LogP contribution in [0.4, 0.5) is 5.69 Å². The summed E-state index contributed by atoms with van der Waals surface area (Å²) in [6.07, 6.45) is 2.95. The topological polar surface area (TPSA) is 86.7 Å². The number of nitrogens with zero attached hydrogens (tertiary/aromatic N) is 1. The van der Waals surface area contributed by atoms with Gasteiger partial charge in [0.1, 0.15) is 17.0 Å². The highest BCUT2D eigenvalue weighted by Gasteiger charge is 2.13. The average Bonchev–Trinajstić information content (AvgIpc) is 3.55. The van der Waals surface area contributed by atoms with E-state index in [-0.39, 0.29) is 5.91 Å². The molecule has 9 heteroatoms. The molecule has 186 valence electrons. The first-order valence-electron chi connectivity index (χ1n) is 11.1. The van der Waals surface area contributed by atoms with Crippen LogP contribution < -0.4 is 14.8 Å². The minimum absolute atomic E-state index is 0.332. The molecular formula is C28H20Cl2N2O5. The summed E-state index contributed by atoms with van der Waals surface area (Å²) >= 11 is 12.3. The van der Waals surface area contributed by atoms with E-state index in [1.807, 2.05) is 12.1 Å². The highest BCUT2D eigenvalue weighted by Crippen LogP contribution is 2.35. The van der Waals surface area contributed by atoms with Gasteiger partial charge in [0, 0.05) is 22.9 Å². The van der Waals surface area contributed by atoms with Gasteiger partial charge in [0.25, 0.3) is 0 Å². The molecule has 0 saturated heterocycles. The van der Waals surface area contributed by atoms with Gasteiger partial charge in [-0.2, -0.15) is 0 Å². The summed E-state index contributed by atoms with van der Waals surface area (Å²) in [5.41, 5.74) is 3.16. The van der Waals surface area contributed by atoms with E-state index in [4.69, 9.17) is 41.5 Å². The maximum atomic E-state index is 12.5. The molecule has 5 aromatic rings. The molecule has 0 radical (unpaired) electrons. The molecule has 3 aromatic carbocycles. The molecule has 0 aliphatic rings. The van der Waals surface area contributed by atoms with Crippen molar-refractivity contribution in [2.24, 2.45) is 0 Å². The number of furan rings is 1. The number of aromatic nitrogens is 1. The number of ether oxygens (including phenoxy) is 2. The third-order valence-corrected chi connectivity index (χ3v) is 6.35. The van der Waals surface area contributed by atoms with E-state index < -0.39 is 0 Å². The van der Waals surface area contributed by atoms with E-state index in [1.54, 1.807) is 74.9 Å². The van der Waals surface area contributed by atoms with Crippen molar-refractivity contribution >= 4 is 52.0 Å². The molecule has 0 aliphatic carbocycles. The second-order valence-electron chi connectivity index (χ2n) is 7.90. The van der Waals surface area contributed by atoms with Gasteiger partial charge in [0.2, 0.25) is 11.8 Å². The Hall–Kier alpha value is -4.20. The first-order chi connectivity index (χ1) is 17.9. The number of hydrogen-bond acceptors (Lipinski definition) is 6. The number of rotatable bonds is 7. The van der Waals surface area contributed by atoms with Crippen molar-refractivity contribution < 1.29 is 23.1 Å². The molecule has 0 spiro atoms. The molecule has 1 N–H and O–H groups in total. The summed E-state index contributed by atoms with van der Waals surface area (Å²) in [6.45, 7) is 0. The van der Waals surface area contributed by atoms with Crippen molar-refractivity contribution in [2.75, 3.05) is 19.5 Å². The first kappa shape index (κ1) is 24.5. The number of fused-ring (bicyclic) bond motifs is 1. The fraction of sp³-hybridized carbons (Fsp3) is 0.0714. The Morgan fingerprint density at radius 1 is 0.946 bits per heavy atom. The molecule has 37 heavy (non-hydrogen) atoms. The van der Waals surface area contributed by atoms with Crippen LogP contribution in [0.2, 0.25) is 10.0 Å². The van der Waals surface area contributed by atoms with Crippen molar-refractivity contribution in [1.29, 1.82) is 0 Å². The van der Waals surface area contributed by atoms with Crippen molar-refractivity contribution in [2.45, 2.75) is 0 Å². The van der Waals surface area contributed by atoms with Crippen LogP contribution in [0.1, 0.15) is 5.76 Å². The summed E-state index contributed by atoms with van der Waals surface area (Å²) in [4.78, 5) is 17.1. The summed E-state index contributed by atoms with van der Waals surface area (Å²) in [7, 11) is 3.14. The standard InChI is InChI=1S/C28H20Cl2N2O5/c1-34-24-10-6-16(14-25(24)35-2)28-32-21-15-17(7-11-23(21)37-28)31-26(33)13-9-18-8-12-22(36-18)19-4-3-5-20(29)27(19)30/h3-15H,1-2H3,(H,31,33)/b13-9+. The van der Waals surface area contributed by atoms with Crippen molar-refractivity contribution in [3.63, 3.8) is 0 Å². The summed E-state index contributed by atoms with van der Waals surface area (Å²) in [5, 5.41) is 3.66. The fourth-order valence-electron chi connectivity index (χ4n) is 3.72. The van der Waals surface area contributed by atoms with Gasteiger partial charge in [0.15, 0.2) is 17.1 Å². The second-order valence-corrected chi connectivity index (χ2v) is 8.68. The molecule has 0 unspecified atom stereocenters. The van der Waals surface area contributed by atoms with Gasteiger partial charge in [-0.3, -0.25) is 4.79 Å². The lowest BCUT2D eigenvalue weighted by atomic mass is 10.2. The Kier molecular flexibility index (Phi) is 6.90. The molecule has 5 rings (SSSR count). The molecule has 2 aromatic heterocycles. The lowest BCUT2D eigenvalue weighted by molar-refractivity contribution is -0.111. The van der Waals surface area contributed by atoms with Gasteiger partial charge in [-0.25, -0.2) is 4.98 Å². The zero-order chi connectivity index (χ0) is 25.9. The minimum Gasteiger partial charge on any atom is -0.493 e. The molecule has 0 aliphatic heterocycles. The lowest BCUT2D eigenvalue weighted by Gasteiger charge is -2.07. The third kappa shape index (κ3) is 5.18. The number of halogens is 2. The van der Waals surface area contributed by atoms with Crippen molar-refractivity contribution in [3.8, 4) is 34.3 Å². The number of oxazole rings is 1. The fourth-order valence-corrected chi connectivity index (χ4v) is 4.11. The summed E-state index contributed by atoms with van der Waals surface area (Å²) in [6, 6.07) is 19.4. The van der Waals surface area contributed by atoms with E-state index >= 15 is 0 Å². The highest BCUT2D eigenvalue weighted by molar-refractivity contribution is 6.43. The van der Waals surface area contributed by atoms with Crippen molar-refractivity contribution in [3.05, 3.63) is 88.6 Å². The number of amides is 1.